The highest BCUT2D eigenvalue weighted by molar-refractivity contribution is 6.05. The van der Waals surface area contributed by atoms with E-state index in [0.29, 0.717) is 11.3 Å². The van der Waals surface area contributed by atoms with Crippen molar-refractivity contribution in [2.75, 3.05) is 10.6 Å². The Kier molecular flexibility index (Phi) is 4.86. The van der Waals surface area contributed by atoms with Crippen LogP contribution in [-0.2, 0) is 10.2 Å². The maximum atomic E-state index is 12.6. The second kappa shape index (κ2) is 6.94. The van der Waals surface area contributed by atoms with E-state index < -0.39 is 0 Å². The lowest BCUT2D eigenvalue weighted by atomic mass is 9.86. The molecule has 2 aromatic rings. The lowest BCUT2D eigenvalue weighted by Crippen LogP contribution is -2.17. The van der Waals surface area contributed by atoms with Crippen LogP contribution in [0.1, 0.15) is 55.1 Å². The van der Waals surface area contributed by atoms with Crippen molar-refractivity contribution in [3.8, 4) is 0 Å². The van der Waals surface area contributed by atoms with E-state index >= 15 is 0 Å². The highest BCUT2D eigenvalue weighted by atomic mass is 16.2. The summed E-state index contributed by atoms with van der Waals surface area (Å²) in [6, 6.07) is 13.2. The highest BCUT2D eigenvalue weighted by Crippen LogP contribution is 2.32. The van der Waals surface area contributed by atoms with E-state index in [4.69, 9.17) is 0 Å². The monoisotopic (exact) mass is 350 g/mol. The molecule has 0 heterocycles. The van der Waals surface area contributed by atoms with E-state index in [1.54, 1.807) is 0 Å². The molecule has 0 aliphatic heterocycles. The molecule has 2 amide bonds. The summed E-state index contributed by atoms with van der Waals surface area (Å²) in [6.45, 7) is 8.34. The van der Waals surface area contributed by atoms with Crippen LogP contribution < -0.4 is 10.6 Å². The van der Waals surface area contributed by atoms with Crippen LogP contribution in [0.5, 0.6) is 0 Å². The van der Waals surface area contributed by atoms with Gasteiger partial charge in [0.25, 0.3) is 5.91 Å². The Bertz CT molecular complexity index is 828. The minimum Gasteiger partial charge on any atom is -0.326 e. The first-order valence-electron chi connectivity index (χ1n) is 9.08. The zero-order chi connectivity index (χ0) is 18.9. The van der Waals surface area contributed by atoms with Gasteiger partial charge in [0, 0.05) is 22.9 Å². The van der Waals surface area contributed by atoms with E-state index in [1.807, 2.05) is 49.4 Å². The summed E-state index contributed by atoms with van der Waals surface area (Å²) in [5.41, 5.74) is 4.19. The number of amides is 2. The largest absolute Gasteiger partial charge is 0.326 e. The Morgan fingerprint density at radius 2 is 1.50 bits per heavy atom. The van der Waals surface area contributed by atoms with Crippen LogP contribution in [0.15, 0.2) is 42.5 Å². The topological polar surface area (TPSA) is 58.2 Å². The predicted octanol–water partition coefficient (Wildman–Crippen LogP) is 4.89. The van der Waals surface area contributed by atoms with Gasteiger partial charge in [0.05, 0.1) is 0 Å². The summed E-state index contributed by atoms with van der Waals surface area (Å²) in [4.78, 5) is 24.6. The normalized spacial score (nSPS) is 14.0. The Labute approximate surface area is 155 Å². The predicted molar refractivity (Wildman–Crippen MR) is 106 cm³/mol. The minimum absolute atomic E-state index is 0.0552. The van der Waals surface area contributed by atoms with Crippen molar-refractivity contribution < 1.29 is 9.59 Å². The van der Waals surface area contributed by atoms with Gasteiger partial charge in [0.15, 0.2) is 0 Å². The van der Waals surface area contributed by atoms with E-state index in [9.17, 15) is 9.59 Å². The number of benzene rings is 2. The Hall–Kier alpha value is -2.62. The Morgan fingerprint density at radius 3 is 2.04 bits per heavy atom. The van der Waals surface area contributed by atoms with Crippen molar-refractivity contribution >= 4 is 23.2 Å². The van der Waals surface area contributed by atoms with Gasteiger partial charge in [0.1, 0.15) is 0 Å². The number of hydrogen-bond donors (Lipinski definition) is 2. The number of anilines is 2. The number of carbonyl (C=O) groups excluding carboxylic acids is 2. The summed E-state index contributed by atoms with van der Waals surface area (Å²) in [5.74, 6) is 0.0579. The third-order valence-electron chi connectivity index (χ3n) is 4.80. The lowest BCUT2D eigenvalue weighted by Gasteiger charge is -2.19. The molecular formula is C22H26N2O2. The zero-order valence-electron chi connectivity index (χ0n) is 15.8. The molecule has 2 aromatic carbocycles. The molecule has 4 nitrogen and oxygen atoms in total. The van der Waals surface area contributed by atoms with Gasteiger partial charge < -0.3 is 10.6 Å². The first-order valence-corrected chi connectivity index (χ1v) is 9.08. The molecule has 1 saturated carbocycles. The summed E-state index contributed by atoms with van der Waals surface area (Å²) in [6.07, 6.45) is 1.93. The molecule has 2 N–H and O–H groups in total. The van der Waals surface area contributed by atoms with Gasteiger partial charge in [-0.25, -0.2) is 0 Å². The molecule has 0 spiro atoms. The second-order valence-electron chi connectivity index (χ2n) is 8.02. The van der Waals surface area contributed by atoms with Gasteiger partial charge in [-0.15, -0.1) is 0 Å². The van der Waals surface area contributed by atoms with E-state index in [2.05, 4.69) is 31.4 Å². The molecule has 0 atom stereocenters. The molecule has 3 rings (SSSR count). The fraction of sp³-hybridized carbons (Fsp3) is 0.364. The Morgan fingerprint density at radius 1 is 0.923 bits per heavy atom. The molecule has 1 fully saturated rings. The van der Waals surface area contributed by atoms with Gasteiger partial charge in [-0.2, -0.15) is 0 Å². The maximum Gasteiger partial charge on any atom is 0.255 e. The molecule has 26 heavy (non-hydrogen) atoms. The van der Waals surface area contributed by atoms with Crippen molar-refractivity contribution in [2.45, 2.75) is 46.0 Å². The van der Waals surface area contributed by atoms with Gasteiger partial charge in [-0.1, -0.05) is 39.0 Å². The highest BCUT2D eigenvalue weighted by Gasteiger charge is 2.29. The summed E-state index contributed by atoms with van der Waals surface area (Å²) >= 11 is 0. The van der Waals surface area contributed by atoms with E-state index in [-0.39, 0.29) is 23.1 Å². The van der Waals surface area contributed by atoms with Crippen molar-refractivity contribution in [3.05, 3.63) is 59.2 Å². The van der Waals surface area contributed by atoms with Crippen LogP contribution in [0.2, 0.25) is 0 Å². The standard InChI is InChI=1S/C22H26N2O2/c1-14-18(23-20(25)15-8-9-15)6-5-7-19(14)24-21(26)16-10-12-17(13-11-16)22(2,3)4/h5-7,10-13,15H,8-9H2,1-4H3,(H,23,25)(H,24,26). The van der Waals surface area contributed by atoms with Crippen LogP contribution in [0.3, 0.4) is 0 Å². The second-order valence-corrected chi connectivity index (χ2v) is 8.02. The van der Waals surface area contributed by atoms with Crippen LogP contribution in [0, 0.1) is 12.8 Å². The lowest BCUT2D eigenvalue weighted by molar-refractivity contribution is -0.117. The quantitative estimate of drug-likeness (QED) is 0.824. The fourth-order valence-corrected chi connectivity index (χ4v) is 2.80. The van der Waals surface area contributed by atoms with E-state index in [1.165, 1.54) is 5.56 Å². The molecule has 4 heteroatoms. The first kappa shape index (κ1) is 18.2. The third kappa shape index (κ3) is 4.13. The molecule has 0 aromatic heterocycles. The van der Waals surface area contributed by atoms with Crippen LogP contribution in [0.25, 0.3) is 0 Å². The number of nitrogens with one attached hydrogen (secondary N) is 2. The smallest absolute Gasteiger partial charge is 0.255 e. The average Bonchev–Trinajstić information content (AvgIpc) is 3.43. The fourth-order valence-electron chi connectivity index (χ4n) is 2.80. The first-order chi connectivity index (χ1) is 12.3. The number of carbonyl (C=O) groups is 2. The Balaban J connectivity index is 1.73. The maximum absolute atomic E-state index is 12.6. The van der Waals surface area contributed by atoms with Crippen molar-refractivity contribution in [1.29, 1.82) is 0 Å². The van der Waals surface area contributed by atoms with Crippen molar-refractivity contribution in [3.63, 3.8) is 0 Å². The van der Waals surface area contributed by atoms with Crippen LogP contribution in [-0.4, -0.2) is 11.8 Å². The van der Waals surface area contributed by atoms with Gasteiger partial charge in [-0.3, -0.25) is 9.59 Å². The molecule has 0 unspecified atom stereocenters. The van der Waals surface area contributed by atoms with Crippen LogP contribution in [0.4, 0.5) is 11.4 Å². The molecule has 136 valence electrons. The van der Waals surface area contributed by atoms with E-state index in [0.717, 1.165) is 24.1 Å². The number of rotatable bonds is 4. The van der Waals surface area contributed by atoms with Crippen molar-refractivity contribution in [1.82, 2.24) is 0 Å². The van der Waals surface area contributed by atoms with Crippen LogP contribution >= 0.6 is 0 Å². The summed E-state index contributed by atoms with van der Waals surface area (Å²) in [7, 11) is 0. The number of hydrogen-bond acceptors (Lipinski definition) is 2. The molecule has 0 bridgehead atoms. The summed E-state index contributed by atoms with van der Waals surface area (Å²) < 4.78 is 0. The van der Waals surface area contributed by atoms with Crippen molar-refractivity contribution in [2.24, 2.45) is 5.92 Å². The average molecular weight is 350 g/mol. The third-order valence-corrected chi connectivity index (χ3v) is 4.80. The molecular weight excluding hydrogens is 324 g/mol. The molecule has 1 aliphatic rings. The minimum atomic E-state index is -0.153. The SMILES string of the molecule is Cc1c(NC(=O)c2ccc(C(C)(C)C)cc2)cccc1NC(=O)C1CC1. The van der Waals surface area contributed by atoms with Gasteiger partial charge in [-0.05, 0) is 60.6 Å². The molecule has 0 saturated heterocycles. The molecule has 1 aliphatic carbocycles. The molecule has 0 radical (unpaired) electrons. The van der Waals surface area contributed by atoms with Gasteiger partial charge in [0.2, 0.25) is 5.91 Å². The zero-order valence-corrected chi connectivity index (χ0v) is 15.8. The summed E-state index contributed by atoms with van der Waals surface area (Å²) in [5, 5.41) is 5.91. The van der Waals surface area contributed by atoms with Gasteiger partial charge >= 0.3 is 0 Å².